The van der Waals surface area contributed by atoms with Gasteiger partial charge in [0.05, 0.1) is 15.6 Å². The van der Waals surface area contributed by atoms with E-state index in [1.54, 1.807) is 24.3 Å². The molecule has 3 rings (SSSR count). The fourth-order valence-electron chi connectivity index (χ4n) is 3.27. The molecule has 27 heavy (non-hydrogen) atoms. The molecule has 0 aliphatic carbocycles. The van der Waals surface area contributed by atoms with Gasteiger partial charge in [0.2, 0.25) is 0 Å². The molecule has 0 spiro atoms. The third-order valence-corrected chi connectivity index (χ3v) is 5.17. The summed E-state index contributed by atoms with van der Waals surface area (Å²) in [6.45, 7) is 3.67. The van der Waals surface area contributed by atoms with Gasteiger partial charge in [-0.2, -0.15) is 0 Å². The first-order chi connectivity index (χ1) is 12.8. The Labute approximate surface area is 167 Å². The largest absolute Gasteiger partial charge is 0.366 e. The Morgan fingerprint density at radius 3 is 2.74 bits per heavy atom. The molecule has 142 valence electrons. The minimum Gasteiger partial charge on any atom is -0.366 e. The zero-order valence-corrected chi connectivity index (χ0v) is 16.3. The molecule has 1 N–H and O–H groups in total. The van der Waals surface area contributed by atoms with Crippen LogP contribution >= 0.6 is 23.2 Å². The average molecular weight is 408 g/mol. The molecule has 0 saturated carbocycles. The maximum Gasteiger partial charge on any atom is 0.293 e. The van der Waals surface area contributed by atoms with Crippen LogP contribution in [0.5, 0.6) is 0 Å². The second-order valence-corrected chi connectivity index (χ2v) is 7.58. The van der Waals surface area contributed by atoms with Gasteiger partial charge < -0.3 is 10.2 Å². The molecule has 1 aliphatic heterocycles. The maximum atomic E-state index is 12.5. The van der Waals surface area contributed by atoms with Crippen LogP contribution in [-0.2, 0) is 0 Å². The summed E-state index contributed by atoms with van der Waals surface area (Å²) in [6, 6.07) is 9.25. The molecular formula is C19H19Cl2N3O3. The van der Waals surface area contributed by atoms with Crippen molar-refractivity contribution in [2.24, 2.45) is 5.92 Å². The number of carbonyl (C=O) groups is 1. The van der Waals surface area contributed by atoms with Gasteiger partial charge in [0.1, 0.15) is 5.69 Å². The number of halogens is 2. The molecule has 2 aromatic carbocycles. The maximum absolute atomic E-state index is 12.5. The molecule has 2 aromatic rings. The van der Waals surface area contributed by atoms with Crippen LogP contribution in [0.3, 0.4) is 0 Å². The van der Waals surface area contributed by atoms with Gasteiger partial charge >= 0.3 is 0 Å². The summed E-state index contributed by atoms with van der Waals surface area (Å²) in [7, 11) is 0. The van der Waals surface area contributed by atoms with E-state index in [-0.39, 0.29) is 11.3 Å². The standard InChI is InChI=1S/C19H19Cl2N3O3/c1-12-3-2-8-23(11-12)17-7-4-13(9-18(17)24(26)27)19(25)22-16-10-14(20)5-6-15(16)21/h4-7,9-10,12H,2-3,8,11H2,1H3,(H,22,25)/t12-/m1/s1. The van der Waals surface area contributed by atoms with Crippen molar-refractivity contribution in [2.45, 2.75) is 19.8 Å². The van der Waals surface area contributed by atoms with E-state index in [0.717, 1.165) is 25.9 Å². The fraction of sp³-hybridized carbons (Fsp3) is 0.316. The topological polar surface area (TPSA) is 75.5 Å². The van der Waals surface area contributed by atoms with Crippen LogP contribution in [0, 0.1) is 16.0 Å². The smallest absolute Gasteiger partial charge is 0.293 e. The Balaban J connectivity index is 1.88. The molecule has 0 unspecified atom stereocenters. The zero-order valence-electron chi connectivity index (χ0n) is 14.7. The second-order valence-electron chi connectivity index (χ2n) is 6.73. The van der Waals surface area contributed by atoms with E-state index in [2.05, 4.69) is 12.2 Å². The highest BCUT2D eigenvalue weighted by molar-refractivity contribution is 6.35. The Bertz CT molecular complexity index is 888. The van der Waals surface area contributed by atoms with E-state index in [1.807, 2.05) is 4.90 Å². The average Bonchev–Trinajstić information content (AvgIpc) is 2.64. The number of nitro benzene ring substituents is 1. The van der Waals surface area contributed by atoms with E-state index < -0.39 is 10.8 Å². The first kappa shape index (κ1) is 19.5. The fourth-order valence-corrected chi connectivity index (χ4v) is 3.61. The predicted molar refractivity (Wildman–Crippen MR) is 108 cm³/mol. The number of anilines is 2. The number of nitrogens with one attached hydrogen (secondary N) is 1. The molecule has 1 atom stereocenters. The molecule has 0 bridgehead atoms. The van der Waals surface area contributed by atoms with Gasteiger partial charge in [-0.25, -0.2) is 0 Å². The lowest BCUT2D eigenvalue weighted by molar-refractivity contribution is -0.384. The Morgan fingerprint density at radius 1 is 1.26 bits per heavy atom. The number of rotatable bonds is 4. The Kier molecular flexibility index (Phi) is 5.87. The monoisotopic (exact) mass is 407 g/mol. The number of nitrogens with zero attached hydrogens (tertiary/aromatic N) is 2. The van der Waals surface area contributed by atoms with E-state index in [0.29, 0.717) is 27.3 Å². The summed E-state index contributed by atoms with van der Waals surface area (Å²) in [4.78, 5) is 25.7. The Hall–Kier alpha value is -2.31. The highest BCUT2D eigenvalue weighted by Gasteiger charge is 2.25. The van der Waals surface area contributed by atoms with Crippen LogP contribution in [-0.4, -0.2) is 23.9 Å². The highest BCUT2D eigenvalue weighted by atomic mass is 35.5. The molecule has 1 saturated heterocycles. The molecule has 1 heterocycles. The first-order valence-electron chi connectivity index (χ1n) is 8.65. The molecule has 1 amide bonds. The van der Waals surface area contributed by atoms with Crippen LogP contribution in [0.4, 0.5) is 17.1 Å². The summed E-state index contributed by atoms with van der Waals surface area (Å²) in [5.41, 5.74) is 1.01. The van der Waals surface area contributed by atoms with Crippen LogP contribution in [0.1, 0.15) is 30.1 Å². The summed E-state index contributed by atoms with van der Waals surface area (Å²) >= 11 is 12.0. The van der Waals surface area contributed by atoms with Crippen molar-refractivity contribution in [2.75, 3.05) is 23.3 Å². The number of carbonyl (C=O) groups excluding carboxylic acids is 1. The summed E-state index contributed by atoms with van der Waals surface area (Å²) < 4.78 is 0. The number of nitro groups is 1. The predicted octanol–water partition coefficient (Wildman–Crippen LogP) is 5.39. The molecule has 8 heteroatoms. The second kappa shape index (κ2) is 8.15. The summed E-state index contributed by atoms with van der Waals surface area (Å²) in [6.07, 6.45) is 2.11. The van der Waals surface area contributed by atoms with Gasteiger partial charge in [-0.05, 0) is 49.1 Å². The van der Waals surface area contributed by atoms with Gasteiger partial charge in [0, 0.05) is 29.7 Å². The lowest BCUT2D eigenvalue weighted by atomic mass is 9.99. The van der Waals surface area contributed by atoms with Gasteiger partial charge in [-0.15, -0.1) is 0 Å². The van der Waals surface area contributed by atoms with Crippen molar-refractivity contribution < 1.29 is 9.72 Å². The van der Waals surface area contributed by atoms with Crippen molar-refractivity contribution in [3.8, 4) is 0 Å². The van der Waals surface area contributed by atoms with E-state index in [1.165, 1.54) is 12.1 Å². The lowest BCUT2D eigenvalue weighted by Gasteiger charge is -2.32. The van der Waals surface area contributed by atoms with Gasteiger partial charge in [0.15, 0.2) is 0 Å². The van der Waals surface area contributed by atoms with Crippen molar-refractivity contribution in [1.82, 2.24) is 0 Å². The van der Waals surface area contributed by atoms with Crippen molar-refractivity contribution in [1.29, 1.82) is 0 Å². The normalized spacial score (nSPS) is 16.9. The van der Waals surface area contributed by atoms with E-state index in [4.69, 9.17) is 23.2 Å². The summed E-state index contributed by atoms with van der Waals surface area (Å²) in [5, 5.41) is 15.0. The molecule has 1 aliphatic rings. The van der Waals surface area contributed by atoms with Crippen molar-refractivity contribution in [3.63, 3.8) is 0 Å². The van der Waals surface area contributed by atoms with Crippen molar-refractivity contribution >= 4 is 46.2 Å². The number of hydrogen-bond donors (Lipinski definition) is 1. The number of piperidine rings is 1. The van der Waals surface area contributed by atoms with E-state index >= 15 is 0 Å². The minimum atomic E-state index is -0.485. The molecule has 0 aromatic heterocycles. The van der Waals surface area contributed by atoms with Gasteiger partial charge in [0.25, 0.3) is 11.6 Å². The van der Waals surface area contributed by atoms with E-state index in [9.17, 15) is 14.9 Å². The SMILES string of the molecule is C[C@@H]1CCCN(c2ccc(C(=O)Nc3cc(Cl)ccc3Cl)cc2[N+](=O)[O-])C1. The van der Waals surface area contributed by atoms with Gasteiger partial charge in [-0.1, -0.05) is 30.1 Å². The molecule has 0 radical (unpaired) electrons. The number of benzene rings is 2. The molecular weight excluding hydrogens is 389 g/mol. The third-order valence-electron chi connectivity index (χ3n) is 4.61. The zero-order chi connectivity index (χ0) is 19.6. The van der Waals surface area contributed by atoms with Crippen LogP contribution in [0.2, 0.25) is 10.0 Å². The van der Waals surface area contributed by atoms with Crippen LogP contribution in [0.15, 0.2) is 36.4 Å². The van der Waals surface area contributed by atoms with Gasteiger partial charge in [-0.3, -0.25) is 14.9 Å². The highest BCUT2D eigenvalue weighted by Crippen LogP contribution is 2.33. The van der Waals surface area contributed by atoms with Crippen LogP contribution in [0.25, 0.3) is 0 Å². The lowest BCUT2D eigenvalue weighted by Crippen LogP contribution is -2.34. The Morgan fingerprint density at radius 2 is 2.04 bits per heavy atom. The first-order valence-corrected chi connectivity index (χ1v) is 9.40. The number of hydrogen-bond acceptors (Lipinski definition) is 4. The summed E-state index contributed by atoms with van der Waals surface area (Å²) in [5.74, 6) is -0.00729. The third kappa shape index (κ3) is 4.51. The molecule has 6 nitrogen and oxygen atoms in total. The number of amides is 1. The van der Waals surface area contributed by atoms with Crippen LogP contribution < -0.4 is 10.2 Å². The quantitative estimate of drug-likeness (QED) is 0.544. The minimum absolute atomic E-state index is 0.0751. The van der Waals surface area contributed by atoms with Crippen molar-refractivity contribution in [3.05, 3.63) is 62.1 Å². The molecule has 1 fully saturated rings.